The molecule has 3 N–H and O–H groups in total. The molecular formula is C14H21N4O4+. The van der Waals surface area contributed by atoms with Crippen molar-refractivity contribution in [2.24, 2.45) is 0 Å². The van der Waals surface area contributed by atoms with E-state index in [0.29, 0.717) is 12.2 Å². The summed E-state index contributed by atoms with van der Waals surface area (Å²) in [6, 6.07) is 0. The third kappa shape index (κ3) is 1.57. The van der Waals surface area contributed by atoms with Crippen LogP contribution in [0.5, 0.6) is 0 Å². The fourth-order valence-corrected chi connectivity index (χ4v) is 3.51. The maximum absolute atomic E-state index is 12.5. The van der Waals surface area contributed by atoms with Gasteiger partial charge in [-0.1, -0.05) is 13.0 Å². The predicted molar refractivity (Wildman–Crippen MR) is 75.2 cm³/mol. The fourth-order valence-electron chi connectivity index (χ4n) is 3.51. The van der Waals surface area contributed by atoms with Crippen LogP contribution in [-0.4, -0.2) is 66.0 Å². The molecule has 8 nitrogen and oxygen atoms in total. The predicted octanol–water partition coefficient (Wildman–Crippen LogP) is 0.326. The number of aliphatic hydroxyl groups excluding tert-OH is 1. The van der Waals surface area contributed by atoms with E-state index >= 15 is 0 Å². The van der Waals surface area contributed by atoms with Crippen LogP contribution < -0.4 is 0 Å². The molecule has 8 heteroatoms. The van der Waals surface area contributed by atoms with E-state index in [-0.39, 0.29) is 18.9 Å². The van der Waals surface area contributed by atoms with Gasteiger partial charge >= 0.3 is 0 Å². The number of hydroxylamine groups is 4. The second-order valence-electron chi connectivity index (χ2n) is 5.63. The van der Waals surface area contributed by atoms with Crippen molar-refractivity contribution >= 4 is 5.78 Å². The number of carbonyl (C=O) groups excluding carboxylic acids is 1. The van der Waals surface area contributed by atoms with Gasteiger partial charge < -0.3 is 10.0 Å². The highest BCUT2D eigenvalue weighted by Gasteiger charge is 2.72. The molecule has 0 saturated carbocycles. The lowest BCUT2D eigenvalue weighted by atomic mass is 9.98. The fraction of sp³-hybridized carbons (Fsp3) is 0.500. The second kappa shape index (κ2) is 4.82. The van der Waals surface area contributed by atoms with E-state index in [0.717, 1.165) is 5.06 Å². The summed E-state index contributed by atoms with van der Waals surface area (Å²) in [7, 11) is 0. The molecule has 0 aromatic heterocycles. The monoisotopic (exact) mass is 309 g/mol. The Morgan fingerprint density at radius 1 is 1.45 bits per heavy atom. The first-order chi connectivity index (χ1) is 10.4. The SMILES string of the molecule is CCC1N(O)C2=C[N+]1(O)N2C1(C(C)=O)C=CC=CN1CCO. The van der Waals surface area contributed by atoms with Crippen LogP contribution in [0, 0.1) is 0 Å². The van der Waals surface area contributed by atoms with Gasteiger partial charge in [0.15, 0.2) is 5.78 Å². The van der Waals surface area contributed by atoms with E-state index in [9.17, 15) is 20.3 Å². The minimum Gasteiger partial charge on any atom is -0.395 e. The van der Waals surface area contributed by atoms with E-state index in [2.05, 4.69) is 0 Å². The van der Waals surface area contributed by atoms with Gasteiger partial charge in [-0.25, -0.2) is 0 Å². The number of hydrogen-bond acceptors (Lipinski definition) is 7. The Morgan fingerprint density at radius 2 is 2.18 bits per heavy atom. The lowest BCUT2D eigenvalue weighted by molar-refractivity contribution is -1.18. The zero-order valence-electron chi connectivity index (χ0n) is 12.6. The molecule has 0 aromatic rings. The molecule has 4 heterocycles. The number of hydrogen-bond donors (Lipinski definition) is 3. The molecule has 0 aliphatic carbocycles. The number of fused-ring (bicyclic) bond motifs is 1. The summed E-state index contributed by atoms with van der Waals surface area (Å²) in [6.07, 6.45) is 8.28. The maximum Gasteiger partial charge on any atom is 0.249 e. The summed E-state index contributed by atoms with van der Waals surface area (Å²) in [5.41, 5.74) is -1.28. The molecule has 3 atom stereocenters. The molecular weight excluding hydrogens is 288 g/mol. The first-order valence-electron chi connectivity index (χ1n) is 7.31. The van der Waals surface area contributed by atoms with E-state index in [1.807, 2.05) is 6.92 Å². The Morgan fingerprint density at radius 3 is 2.73 bits per heavy atom. The van der Waals surface area contributed by atoms with Crippen molar-refractivity contribution in [2.75, 3.05) is 13.2 Å². The third-order valence-electron chi connectivity index (χ3n) is 4.49. The molecule has 120 valence electrons. The minimum absolute atomic E-state index is 0.133. The van der Waals surface area contributed by atoms with Crippen LogP contribution in [0.4, 0.5) is 0 Å². The Hall–Kier alpha value is -1.87. The van der Waals surface area contributed by atoms with Crippen LogP contribution in [0.25, 0.3) is 0 Å². The second-order valence-corrected chi connectivity index (χ2v) is 5.63. The van der Waals surface area contributed by atoms with Gasteiger partial charge in [0.05, 0.1) is 6.61 Å². The summed E-state index contributed by atoms with van der Waals surface area (Å²) in [5, 5.41) is 32.9. The van der Waals surface area contributed by atoms with Gasteiger partial charge in [0, 0.05) is 19.2 Å². The van der Waals surface area contributed by atoms with Gasteiger partial charge in [0.1, 0.15) is 0 Å². The average molecular weight is 309 g/mol. The molecule has 0 radical (unpaired) electrons. The normalized spacial score (nSPS) is 35.8. The maximum atomic E-state index is 12.5. The number of β-amino-alcohol motifs (C(OH)–C–C–N with tert-alkyl or cyclic N) is 1. The van der Waals surface area contributed by atoms with E-state index < -0.39 is 16.6 Å². The summed E-state index contributed by atoms with van der Waals surface area (Å²) >= 11 is 0. The number of nitrogens with zero attached hydrogens (tertiary/aromatic N) is 4. The van der Waals surface area contributed by atoms with E-state index in [1.54, 1.807) is 29.3 Å². The number of carbonyl (C=O) groups is 1. The number of Topliss-reactive ketones (excluding diaryl/α,β-unsaturated/α-hetero) is 1. The van der Waals surface area contributed by atoms with Crippen LogP contribution in [0.2, 0.25) is 0 Å². The van der Waals surface area contributed by atoms with Crippen molar-refractivity contribution in [1.82, 2.24) is 15.0 Å². The van der Waals surface area contributed by atoms with Crippen molar-refractivity contribution in [2.45, 2.75) is 32.1 Å². The van der Waals surface area contributed by atoms with Crippen molar-refractivity contribution in [3.05, 3.63) is 36.4 Å². The Balaban J connectivity index is 2.08. The minimum atomic E-state index is -1.28. The summed E-state index contributed by atoms with van der Waals surface area (Å²) in [5.74, 6) is 0.168. The zero-order valence-corrected chi connectivity index (χ0v) is 12.6. The Kier molecular flexibility index (Phi) is 3.29. The molecule has 22 heavy (non-hydrogen) atoms. The summed E-state index contributed by atoms with van der Waals surface area (Å²) in [4.78, 5) is 14.2. The molecule has 1 fully saturated rings. The first-order valence-corrected chi connectivity index (χ1v) is 7.31. The highest BCUT2D eigenvalue weighted by atomic mass is 16.7. The molecule has 4 rings (SSSR count). The molecule has 0 spiro atoms. The number of quaternary nitrogens is 1. The van der Waals surface area contributed by atoms with Gasteiger partial charge in [-0.3, -0.25) is 10.0 Å². The lowest BCUT2D eigenvalue weighted by Gasteiger charge is -2.51. The van der Waals surface area contributed by atoms with Gasteiger partial charge in [-0.05, 0) is 23.8 Å². The molecule has 4 aliphatic rings. The van der Waals surface area contributed by atoms with E-state index in [1.165, 1.54) is 18.1 Å². The topological polar surface area (TPSA) is 87.5 Å². The van der Waals surface area contributed by atoms with Crippen molar-refractivity contribution < 1.29 is 25.1 Å². The molecule has 3 unspecified atom stereocenters. The number of aliphatic hydroxyl groups is 1. The Bertz CT molecular complexity index is 589. The van der Waals surface area contributed by atoms with Crippen molar-refractivity contribution in [3.63, 3.8) is 0 Å². The van der Waals surface area contributed by atoms with Crippen LogP contribution in [-0.2, 0) is 4.79 Å². The van der Waals surface area contributed by atoms with Crippen molar-refractivity contribution in [1.29, 1.82) is 0 Å². The average Bonchev–Trinajstić information content (AvgIpc) is 2.84. The van der Waals surface area contributed by atoms with Gasteiger partial charge in [-0.15, -0.1) is 5.01 Å². The first kappa shape index (κ1) is 15.0. The third-order valence-corrected chi connectivity index (χ3v) is 4.49. The molecule has 4 aliphatic heterocycles. The molecule has 0 amide bonds. The van der Waals surface area contributed by atoms with Gasteiger partial charge in [-0.2, -0.15) is 10.3 Å². The largest absolute Gasteiger partial charge is 0.395 e. The highest BCUT2D eigenvalue weighted by molar-refractivity contribution is 5.88. The summed E-state index contributed by atoms with van der Waals surface area (Å²) in [6.45, 7) is 3.38. The molecule has 2 bridgehead atoms. The number of rotatable bonds is 5. The standard InChI is InChI=1S/C14H21N4O4/c1-3-13-16(21)12-10-18(13,22)17(12)14(11(2)20)6-4-5-7-15(14)8-9-19/h4-7,10,13,19,21-22H,3,8-9H2,1-2H3/q+1. The lowest BCUT2D eigenvalue weighted by Crippen LogP contribution is -2.73. The smallest absolute Gasteiger partial charge is 0.249 e. The summed E-state index contributed by atoms with van der Waals surface area (Å²) < 4.78 is -0.651. The highest BCUT2D eigenvalue weighted by Crippen LogP contribution is 2.50. The Labute approximate surface area is 128 Å². The number of ketones is 1. The number of allylic oxidation sites excluding steroid dienone is 2. The molecule has 0 aromatic carbocycles. The van der Waals surface area contributed by atoms with Gasteiger partial charge in [0.25, 0.3) is 0 Å². The van der Waals surface area contributed by atoms with Crippen molar-refractivity contribution in [3.8, 4) is 0 Å². The van der Waals surface area contributed by atoms with Gasteiger partial charge in [0.2, 0.25) is 23.8 Å². The zero-order chi connectivity index (χ0) is 16.1. The molecule has 1 saturated heterocycles. The van der Waals surface area contributed by atoms with Crippen LogP contribution in [0.3, 0.4) is 0 Å². The van der Waals surface area contributed by atoms with Crippen LogP contribution >= 0.6 is 0 Å². The van der Waals surface area contributed by atoms with E-state index in [4.69, 9.17) is 0 Å². The quantitative estimate of drug-likeness (QED) is 0.631. The van der Waals surface area contributed by atoms with Crippen LogP contribution in [0.1, 0.15) is 20.3 Å². The van der Waals surface area contributed by atoms with Crippen LogP contribution in [0.15, 0.2) is 36.4 Å².